The molecule has 0 aromatic carbocycles. The van der Waals surface area contributed by atoms with Crippen LogP contribution in [0.1, 0.15) is 256 Å². The molecule has 49 heavy (non-hydrogen) atoms. The Kier molecular flexibility index (Phi) is 33.8. The van der Waals surface area contributed by atoms with Crippen LogP contribution in [0.4, 0.5) is 0 Å². The first-order chi connectivity index (χ1) is 24.3. The fraction of sp³-hybridized carbons (Fsp3) is 0.870. The molecule has 0 saturated heterocycles. The Morgan fingerprint density at radius 1 is 0.306 bits per heavy atom. The molecule has 0 aliphatic heterocycles. The van der Waals surface area contributed by atoms with Crippen molar-refractivity contribution in [1.29, 1.82) is 11.1 Å². The first-order valence-corrected chi connectivity index (χ1v) is 22.5. The van der Waals surface area contributed by atoms with Gasteiger partial charge in [-0.1, -0.05) is 244 Å². The third-order valence-corrected chi connectivity index (χ3v) is 11.3. The van der Waals surface area contributed by atoms with Crippen LogP contribution in [0.15, 0.2) is 12.1 Å². The van der Waals surface area contributed by atoms with Gasteiger partial charge >= 0.3 is 0 Å². The highest BCUT2D eigenvalue weighted by atomic mass is 15.0. The van der Waals surface area contributed by atoms with E-state index in [2.05, 4.69) is 26.0 Å². The second-order valence-electron chi connectivity index (χ2n) is 15.8. The van der Waals surface area contributed by atoms with E-state index in [1.54, 1.807) is 22.3 Å². The summed E-state index contributed by atoms with van der Waals surface area (Å²) in [5, 5.41) is 0. The largest absolute Gasteiger partial charge is 0.211 e. The van der Waals surface area contributed by atoms with Crippen molar-refractivity contribution in [3.63, 3.8) is 0 Å². The molecule has 2 aliphatic carbocycles. The van der Waals surface area contributed by atoms with Gasteiger partial charge in [-0.05, 0) is 47.9 Å². The average Bonchev–Trinajstić information content (AvgIpc) is 3.09. The van der Waals surface area contributed by atoms with Crippen LogP contribution in [-0.2, 0) is 12.8 Å². The molecule has 0 saturated carbocycles. The predicted molar refractivity (Wildman–Crippen MR) is 218 cm³/mol. The van der Waals surface area contributed by atoms with Gasteiger partial charge in [0.15, 0.2) is 0 Å². The van der Waals surface area contributed by atoms with Crippen molar-refractivity contribution in [2.75, 3.05) is 0 Å². The lowest BCUT2D eigenvalue weighted by atomic mass is 9.75. The molecule has 0 spiro atoms. The minimum atomic E-state index is 1.36. The standard InChI is InChI=1S/C46H84.H2N3/c1-3-5-7-9-11-13-15-17-19-21-23-25-27-29-31-33-35-37-39-43-44(46-42-41-45(43)46)40-38-36-34-32-30-28-26-24-22-20-18-16-14-12-10-8-6-4-2;1-3-2/h41-42H,3-40H2,1-2H3;1-2H/q;+1. The van der Waals surface area contributed by atoms with Crippen molar-refractivity contribution in [3.05, 3.63) is 23.3 Å². The minimum absolute atomic E-state index is 1.36. The van der Waals surface area contributed by atoms with E-state index in [0.717, 1.165) is 0 Å². The number of benzene rings is 1. The van der Waals surface area contributed by atoms with Crippen LogP contribution in [-0.4, -0.2) is 0 Å². The lowest BCUT2D eigenvalue weighted by Gasteiger charge is -2.29. The second-order valence-corrected chi connectivity index (χ2v) is 15.8. The van der Waals surface area contributed by atoms with Crippen LogP contribution in [0.3, 0.4) is 0 Å². The smallest absolute Gasteiger partial charge is 0.0654 e. The highest BCUT2D eigenvalue weighted by molar-refractivity contribution is 5.86. The van der Waals surface area contributed by atoms with Crippen LogP contribution in [0, 0.1) is 11.1 Å². The first-order valence-electron chi connectivity index (χ1n) is 22.5. The summed E-state index contributed by atoms with van der Waals surface area (Å²) in [6, 6.07) is 4.77. The van der Waals surface area contributed by atoms with Crippen LogP contribution in [0.5, 0.6) is 0 Å². The van der Waals surface area contributed by atoms with Gasteiger partial charge < -0.3 is 0 Å². The van der Waals surface area contributed by atoms with Gasteiger partial charge in [0.2, 0.25) is 4.91 Å². The first kappa shape index (κ1) is 45.6. The molecule has 2 N–H and O–H groups in total. The molecule has 0 radical (unpaired) electrons. The number of rotatable bonds is 38. The SMILES string of the molecule is CCCCCCCCCCCCCCCCCCCCc1c2ccc-2c1CCCCCCCCCCCCCCCCCCCC.N=[N+]=N. The summed E-state index contributed by atoms with van der Waals surface area (Å²) in [7, 11) is 0. The maximum Gasteiger partial charge on any atom is 0.211 e. The van der Waals surface area contributed by atoms with Gasteiger partial charge in [-0.2, -0.15) is 0 Å². The Morgan fingerprint density at radius 2 is 0.469 bits per heavy atom. The lowest BCUT2D eigenvalue weighted by molar-refractivity contribution is 0.524. The third-order valence-electron chi connectivity index (χ3n) is 11.3. The van der Waals surface area contributed by atoms with Crippen molar-refractivity contribution < 1.29 is 0 Å². The molecule has 3 nitrogen and oxygen atoms in total. The summed E-state index contributed by atoms with van der Waals surface area (Å²) in [6.45, 7) is 4.62. The van der Waals surface area contributed by atoms with Gasteiger partial charge in [0.25, 0.3) is 0 Å². The van der Waals surface area contributed by atoms with Crippen molar-refractivity contribution in [2.45, 2.75) is 258 Å². The van der Waals surface area contributed by atoms with E-state index in [9.17, 15) is 0 Å². The molecule has 0 fully saturated rings. The second kappa shape index (κ2) is 36.3. The monoisotopic (exact) mass is 681 g/mol. The summed E-state index contributed by atoms with van der Waals surface area (Å²) in [4.78, 5) is 2.00. The van der Waals surface area contributed by atoms with Crippen molar-refractivity contribution in [3.8, 4) is 11.1 Å². The van der Waals surface area contributed by atoms with Crippen molar-refractivity contribution >= 4 is 0 Å². The summed E-state index contributed by atoms with van der Waals surface area (Å²) in [6.07, 6.45) is 55.5. The lowest BCUT2D eigenvalue weighted by Crippen LogP contribution is -2.10. The highest BCUT2D eigenvalue weighted by Crippen LogP contribution is 2.44. The number of hydrogen-bond donors (Lipinski definition) is 2. The Morgan fingerprint density at radius 3 is 0.633 bits per heavy atom. The van der Waals surface area contributed by atoms with Gasteiger partial charge in [0.1, 0.15) is 11.1 Å². The topological polar surface area (TPSA) is 61.8 Å². The Bertz CT molecular complexity index is 806. The summed E-state index contributed by atoms with van der Waals surface area (Å²) in [5.41, 5.74) is 17.8. The molecule has 284 valence electrons. The van der Waals surface area contributed by atoms with Gasteiger partial charge in [-0.3, -0.25) is 0 Å². The minimum Gasteiger partial charge on any atom is -0.0654 e. The van der Waals surface area contributed by atoms with Crippen LogP contribution >= 0.6 is 0 Å². The molecule has 0 unspecified atom stereocenters. The molecule has 0 amide bonds. The summed E-state index contributed by atoms with van der Waals surface area (Å²) >= 11 is 0. The van der Waals surface area contributed by atoms with Gasteiger partial charge in [-0.25, -0.2) is 0 Å². The predicted octanol–water partition coefficient (Wildman–Crippen LogP) is 17.0. The zero-order valence-corrected chi connectivity index (χ0v) is 33.5. The van der Waals surface area contributed by atoms with Crippen molar-refractivity contribution in [2.24, 2.45) is 0 Å². The van der Waals surface area contributed by atoms with E-state index >= 15 is 0 Å². The fourth-order valence-corrected chi connectivity index (χ4v) is 8.02. The van der Waals surface area contributed by atoms with Crippen LogP contribution in [0.25, 0.3) is 11.1 Å². The van der Waals surface area contributed by atoms with Crippen LogP contribution in [0.2, 0.25) is 0 Å². The van der Waals surface area contributed by atoms with Crippen LogP contribution < -0.4 is 4.91 Å². The average molecular weight is 681 g/mol. The number of nitrogens with zero attached hydrogens (tertiary/aromatic N) is 1. The normalized spacial score (nSPS) is 11.4. The fourth-order valence-electron chi connectivity index (χ4n) is 8.02. The molecule has 2 aliphatic rings. The van der Waals surface area contributed by atoms with E-state index in [-0.39, 0.29) is 0 Å². The third kappa shape index (κ3) is 26.0. The Hall–Kier alpha value is -1.47. The molecule has 3 heteroatoms. The molecule has 0 heterocycles. The Labute approximate surface area is 307 Å². The molecular weight excluding hydrogens is 595 g/mol. The molecule has 0 bridgehead atoms. The number of unbranched alkanes of at least 4 members (excludes halogenated alkanes) is 34. The maximum atomic E-state index is 5.50. The van der Waals surface area contributed by atoms with Gasteiger partial charge in [0.05, 0.1) is 0 Å². The highest BCUT2D eigenvalue weighted by Gasteiger charge is 2.24. The molecule has 2 rings (SSSR count). The maximum absolute atomic E-state index is 5.50. The van der Waals surface area contributed by atoms with E-state index < -0.39 is 0 Å². The van der Waals surface area contributed by atoms with E-state index in [4.69, 9.17) is 11.1 Å². The van der Waals surface area contributed by atoms with Gasteiger partial charge in [-0.15, -0.1) is 0 Å². The number of fused-ring (bicyclic) bond motifs is 1. The van der Waals surface area contributed by atoms with E-state index in [1.807, 2.05) is 4.91 Å². The zero-order chi connectivity index (χ0) is 35.3. The molecule has 0 atom stereocenters. The number of hydrogen-bond acceptors (Lipinski definition) is 2. The van der Waals surface area contributed by atoms with E-state index in [0.29, 0.717) is 0 Å². The van der Waals surface area contributed by atoms with Crippen molar-refractivity contribution in [1.82, 2.24) is 4.91 Å². The quantitative estimate of drug-likeness (QED) is 0.0403. The summed E-state index contributed by atoms with van der Waals surface area (Å²) < 4.78 is 0. The molecule has 0 aromatic heterocycles. The molecule has 0 aromatic rings. The van der Waals surface area contributed by atoms with E-state index in [1.165, 1.54) is 244 Å². The Balaban J connectivity index is 0.00000385. The zero-order valence-electron chi connectivity index (χ0n) is 33.5. The number of nitrogens with one attached hydrogen (secondary N) is 2. The van der Waals surface area contributed by atoms with Gasteiger partial charge in [0, 0.05) is 0 Å². The molecular formula is C46H86N3+. The summed E-state index contributed by atoms with van der Waals surface area (Å²) in [5.74, 6) is 0.